The highest BCUT2D eigenvalue weighted by Gasteiger charge is 2.55. The Morgan fingerprint density at radius 1 is 1.08 bits per heavy atom. The number of fused-ring (bicyclic) bond motifs is 2. The molecule has 2 aliphatic rings. The SMILES string of the molecule is COC(=O)c1nc2cc(O)c(O)cc2nc1C(=O)C(N)C1=C(C(=O)O)N2C(=O)C(NC(=O)/C(=N\OC(C)(C)C(=O)O)c3csc(N)n3)[C@H]2SC1. The van der Waals surface area contributed by atoms with Crippen molar-refractivity contribution in [1.29, 1.82) is 0 Å². The molecule has 20 nitrogen and oxygen atoms in total. The van der Waals surface area contributed by atoms with Crippen LogP contribution in [0.3, 0.4) is 0 Å². The monoisotopic (exact) mass is 730 g/mol. The summed E-state index contributed by atoms with van der Waals surface area (Å²) >= 11 is 1.91. The third-order valence-electron chi connectivity index (χ3n) is 7.38. The number of methoxy groups -OCH3 is 1. The average Bonchev–Trinajstić information content (AvgIpc) is 3.50. The first-order valence-corrected chi connectivity index (χ1v) is 15.9. The van der Waals surface area contributed by atoms with Crippen molar-refractivity contribution in [2.24, 2.45) is 10.9 Å². The lowest BCUT2D eigenvalue weighted by Gasteiger charge is -2.49. The van der Waals surface area contributed by atoms with Crippen molar-refractivity contribution >= 4 is 80.5 Å². The second-order valence-electron chi connectivity index (χ2n) is 11.0. The van der Waals surface area contributed by atoms with E-state index in [0.717, 1.165) is 47.2 Å². The van der Waals surface area contributed by atoms with Crippen LogP contribution in [-0.4, -0.2) is 117 Å². The summed E-state index contributed by atoms with van der Waals surface area (Å²) in [5, 5.41) is 45.8. The van der Waals surface area contributed by atoms with Gasteiger partial charge in [0.2, 0.25) is 11.4 Å². The number of ketones is 1. The first kappa shape index (κ1) is 35.4. The van der Waals surface area contributed by atoms with Gasteiger partial charge in [0, 0.05) is 23.3 Å². The minimum atomic E-state index is -1.86. The number of benzene rings is 1. The van der Waals surface area contributed by atoms with E-state index >= 15 is 0 Å². The normalized spacial score (nSPS) is 18.2. The van der Waals surface area contributed by atoms with Gasteiger partial charge in [-0.25, -0.2) is 29.3 Å². The molecular weight excluding hydrogens is 704 g/mol. The van der Waals surface area contributed by atoms with Gasteiger partial charge in [0.25, 0.3) is 11.8 Å². The molecule has 1 aromatic carbocycles. The zero-order valence-corrected chi connectivity index (χ0v) is 27.6. The van der Waals surface area contributed by atoms with Crippen LogP contribution in [0, 0.1) is 0 Å². The summed E-state index contributed by atoms with van der Waals surface area (Å²) in [6.45, 7) is 2.36. The molecule has 50 heavy (non-hydrogen) atoms. The van der Waals surface area contributed by atoms with Gasteiger partial charge in [-0.1, -0.05) is 5.16 Å². The van der Waals surface area contributed by atoms with Crippen LogP contribution >= 0.6 is 23.1 Å². The summed E-state index contributed by atoms with van der Waals surface area (Å²) in [4.78, 5) is 95.0. The topological polar surface area (TPSA) is 320 Å². The number of carboxylic acid groups (broad SMARTS) is 2. The number of thiazole rings is 1. The van der Waals surface area contributed by atoms with Gasteiger partial charge in [0.1, 0.15) is 28.5 Å². The Labute approximate surface area is 287 Å². The van der Waals surface area contributed by atoms with E-state index in [4.69, 9.17) is 21.0 Å². The number of nitrogens with one attached hydrogen (secondary N) is 1. The number of β-lactam (4-membered cyclic amide) rings is 1. The largest absolute Gasteiger partial charge is 0.504 e. The second-order valence-corrected chi connectivity index (χ2v) is 13.0. The van der Waals surface area contributed by atoms with Gasteiger partial charge in [-0.2, -0.15) is 0 Å². The molecule has 9 N–H and O–H groups in total. The van der Waals surface area contributed by atoms with Crippen LogP contribution in [0.25, 0.3) is 11.0 Å². The van der Waals surface area contributed by atoms with E-state index in [9.17, 15) is 49.2 Å². The number of carbonyl (C=O) groups excluding carboxylic acids is 4. The Balaban J connectivity index is 1.44. The number of anilines is 1. The number of esters is 1. The smallest absolute Gasteiger partial charge is 0.359 e. The number of amides is 2. The van der Waals surface area contributed by atoms with Crippen LogP contribution in [0.1, 0.15) is 40.5 Å². The number of thioether (sulfide) groups is 1. The summed E-state index contributed by atoms with van der Waals surface area (Å²) in [5.74, 6) is -8.54. The number of nitrogens with two attached hydrogens (primary N) is 2. The van der Waals surface area contributed by atoms with Gasteiger partial charge >= 0.3 is 17.9 Å². The molecule has 1 fully saturated rings. The molecule has 262 valence electrons. The molecule has 0 aliphatic carbocycles. The zero-order chi connectivity index (χ0) is 36.8. The maximum atomic E-state index is 13.7. The van der Waals surface area contributed by atoms with Crippen molar-refractivity contribution in [2.45, 2.75) is 36.9 Å². The van der Waals surface area contributed by atoms with E-state index in [0.29, 0.717) is 0 Å². The van der Waals surface area contributed by atoms with Crippen molar-refractivity contribution in [1.82, 2.24) is 25.2 Å². The highest BCUT2D eigenvalue weighted by Crippen LogP contribution is 2.41. The molecule has 3 aromatic rings. The molecule has 5 rings (SSSR count). The highest BCUT2D eigenvalue weighted by molar-refractivity contribution is 8.00. The minimum Gasteiger partial charge on any atom is -0.504 e. The standard InChI is InChI=1S/C28H26N8O12S2/c1-28(2,26(45)46)48-35-15(11-7-50-27(30)33-11)21(40)34-18-22(41)36-19(24(42)43)8(6-49-23(18)36)14(29)20(39)16-17(25(44)47-3)32-10-5-13(38)12(37)4-9(10)31-16/h4-5,7,14,18,23,37-38H,6,29H2,1-3H3,(H2,30,33)(H,34,40)(H,42,43)(H,45,46)/b35-15-/t14?,18?,23-/m1/s1. The summed E-state index contributed by atoms with van der Waals surface area (Å²) in [6.07, 6.45) is 0. The number of nitrogen functional groups attached to an aromatic ring is 1. The number of carboxylic acids is 2. The Hall–Kier alpha value is -5.87. The fourth-order valence-electron chi connectivity index (χ4n) is 4.69. The molecule has 2 amide bonds. The fraction of sp³-hybridized carbons (Fsp3) is 0.286. The predicted molar refractivity (Wildman–Crippen MR) is 172 cm³/mol. The third-order valence-corrected chi connectivity index (χ3v) is 9.35. The van der Waals surface area contributed by atoms with Gasteiger partial charge in [-0.05, 0) is 19.4 Å². The van der Waals surface area contributed by atoms with Crippen molar-refractivity contribution in [3.05, 3.63) is 45.9 Å². The van der Waals surface area contributed by atoms with Gasteiger partial charge in [0.15, 0.2) is 28.0 Å². The number of rotatable bonds is 11. The predicted octanol–water partition coefficient (Wildman–Crippen LogP) is -0.601. The summed E-state index contributed by atoms with van der Waals surface area (Å²) in [7, 11) is 1.01. The molecule has 22 heteroatoms. The number of hydrogen-bond acceptors (Lipinski definition) is 18. The first-order valence-electron chi connectivity index (χ1n) is 14.0. The van der Waals surface area contributed by atoms with E-state index in [1.165, 1.54) is 19.2 Å². The van der Waals surface area contributed by atoms with Crippen LogP contribution in [0.5, 0.6) is 11.5 Å². The van der Waals surface area contributed by atoms with E-state index in [2.05, 4.69) is 25.4 Å². The van der Waals surface area contributed by atoms with E-state index < -0.39 is 92.9 Å². The lowest BCUT2D eigenvalue weighted by atomic mass is 9.95. The lowest BCUT2D eigenvalue weighted by Crippen LogP contribution is -2.71. The number of carbonyl (C=O) groups is 6. The maximum absolute atomic E-state index is 13.7. The molecular formula is C28H26N8O12S2. The van der Waals surface area contributed by atoms with Crippen LogP contribution < -0.4 is 16.8 Å². The number of ether oxygens (including phenoxy) is 1. The van der Waals surface area contributed by atoms with Crippen molar-refractivity contribution in [2.75, 3.05) is 18.6 Å². The van der Waals surface area contributed by atoms with E-state index in [1.54, 1.807) is 0 Å². The van der Waals surface area contributed by atoms with Crippen molar-refractivity contribution in [3.8, 4) is 11.5 Å². The molecule has 1 saturated heterocycles. The van der Waals surface area contributed by atoms with Crippen molar-refractivity contribution in [3.63, 3.8) is 0 Å². The number of nitrogens with zero attached hydrogens (tertiary/aromatic N) is 5. The molecule has 2 aliphatic heterocycles. The highest BCUT2D eigenvalue weighted by atomic mass is 32.2. The molecule has 0 saturated carbocycles. The molecule has 0 spiro atoms. The minimum absolute atomic E-state index is 0.0483. The Kier molecular flexibility index (Phi) is 9.36. The van der Waals surface area contributed by atoms with E-state index in [-0.39, 0.29) is 33.2 Å². The quantitative estimate of drug-likeness (QED) is 0.0323. The molecule has 4 heterocycles. The molecule has 0 bridgehead atoms. The maximum Gasteiger partial charge on any atom is 0.359 e. The summed E-state index contributed by atoms with van der Waals surface area (Å²) in [6, 6.07) is -1.11. The van der Waals surface area contributed by atoms with Gasteiger partial charge in [-0.3, -0.25) is 19.3 Å². The second kappa shape index (κ2) is 13.2. The molecule has 0 radical (unpaired) electrons. The van der Waals surface area contributed by atoms with E-state index in [1.807, 2.05) is 0 Å². The van der Waals surface area contributed by atoms with Crippen LogP contribution in [-0.2, 0) is 28.8 Å². The number of aliphatic carboxylic acids is 2. The summed E-state index contributed by atoms with van der Waals surface area (Å²) in [5.41, 5.74) is 7.17. The molecule has 3 atom stereocenters. The van der Waals surface area contributed by atoms with Gasteiger partial charge in [-0.15, -0.1) is 23.1 Å². The summed E-state index contributed by atoms with van der Waals surface area (Å²) < 4.78 is 4.70. The number of aromatic hydroxyl groups is 2. The molecule has 2 unspecified atom stereocenters. The number of phenolic OH excluding ortho intramolecular Hbond substituents is 2. The average molecular weight is 731 g/mol. The third kappa shape index (κ3) is 6.33. The van der Waals surface area contributed by atoms with Crippen molar-refractivity contribution < 1.29 is 58.8 Å². The number of hydrogen-bond donors (Lipinski definition) is 7. The van der Waals surface area contributed by atoms with Crippen LogP contribution in [0.4, 0.5) is 5.13 Å². The Bertz CT molecular complexity index is 2060. The number of phenols is 2. The number of aromatic nitrogens is 3. The number of Topliss-reactive ketones (excluding diaryl/α,β-unsaturated/α-hetero) is 1. The lowest BCUT2D eigenvalue weighted by molar-refractivity contribution is -0.161. The first-order chi connectivity index (χ1) is 23.5. The zero-order valence-electron chi connectivity index (χ0n) is 25.9. The van der Waals surface area contributed by atoms with Crippen LogP contribution in [0.15, 0.2) is 33.9 Å². The molecule has 2 aromatic heterocycles. The Morgan fingerprint density at radius 3 is 2.24 bits per heavy atom. The Morgan fingerprint density at radius 2 is 1.70 bits per heavy atom. The fourth-order valence-corrected chi connectivity index (χ4v) is 6.64. The van der Waals surface area contributed by atoms with Crippen LogP contribution in [0.2, 0.25) is 0 Å². The number of oxime groups is 1. The van der Waals surface area contributed by atoms with Gasteiger partial charge < -0.3 is 46.8 Å². The van der Waals surface area contributed by atoms with Gasteiger partial charge in [0.05, 0.1) is 24.2 Å².